The van der Waals surface area contributed by atoms with Gasteiger partial charge in [-0.1, -0.05) is 0 Å². The zero-order chi connectivity index (χ0) is 31.4. The second-order valence-corrected chi connectivity index (χ2v) is 17.2. The minimum absolute atomic E-state index is 0.104. The van der Waals surface area contributed by atoms with Crippen molar-refractivity contribution in [2.75, 3.05) is 0 Å². The quantitative estimate of drug-likeness (QED) is 0.320. The molecule has 5 aliphatic rings. The van der Waals surface area contributed by atoms with Gasteiger partial charge in [0.1, 0.15) is 0 Å². The van der Waals surface area contributed by atoms with E-state index < -0.39 is 0 Å². The molecule has 4 fully saturated rings. The molecule has 1 heterocycles. The van der Waals surface area contributed by atoms with Crippen molar-refractivity contribution in [2.24, 2.45) is 52.4 Å². The third-order valence-electron chi connectivity index (χ3n) is 15.8. The average molecular weight is 592 g/mol. The summed E-state index contributed by atoms with van der Waals surface area (Å²) in [4.78, 5) is 13.7. The average Bonchev–Trinajstić information content (AvgIpc) is 3.56. The minimum atomic E-state index is -0.180. The van der Waals surface area contributed by atoms with Gasteiger partial charge in [0.05, 0.1) is 0 Å². The van der Waals surface area contributed by atoms with Gasteiger partial charge in [0.15, 0.2) is 0 Å². The first kappa shape index (κ1) is 30.6. The first-order valence-corrected chi connectivity index (χ1v) is 17.9. The molecule has 8 atom stereocenters. The van der Waals surface area contributed by atoms with Crippen molar-refractivity contribution in [1.82, 2.24) is 9.36 Å². The summed E-state index contributed by atoms with van der Waals surface area (Å²) >= 11 is 0. The molecule has 4 heteroatoms. The first-order valence-electron chi connectivity index (χ1n) is 17.9. The second-order valence-electron chi connectivity index (χ2n) is 17.2. The number of benzene rings is 1. The molecule has 7 rings (SSSR count). The molecule has 0 N–H and O–H groups in total. The van der Waals surface area contributed by atoms with E-state index in [4.69, 9.17) is 7.49 Å². The van der Waals surface area contributed by atoms with Crippen molar-refractivity contribution >= 4 is 13.0 Å². The Morgan fingerprint density at radius 1 is 0.886 bits per heavy atom. The molecule has 1 aromatic heterocycles. The molecule has 4 saturated carbocycles. The molecule has 5 aliphatic carbocycles. The van der Waals surface area contributed by atoms with E-state index in [1.807, 2.05) is 16.8 Å². The molecule has 7 unspecified atom stereocenters. The van der Waals surface area contributed by atoms with E-state index >= 15 is 0 Å². The fraction of sp³-hybridized carbons (Fsp3) is 0.700. The van der Waals surface area contributed by atoms with Crippen LogP contribution >= 0.6 is 0 Å². The molecule has 3 nitrogen and oxygen atoms in total. The molecule has 1 aromatic carbocycles. The van der Waals surface area contributed by atoms with E-state index in [0.717, 1.165) is 35.7 Å². The Morgan fingerprint density at radius 2 is 1.55 bits per heavy atom. The van der Waals surface area contributed by atoms with Crippen molar-refractivity contribution < 1.29 is 0 Å². The number of fused-ring (bicyclic) bond motifs is 7. The van der Waals surface area contributed by atoms with Crippen LogP contribution in [-0.4, -0.2) is 22.3 Å². The summed E-state index contributed by atoms with van der Waals surface area (Å²) in [5.41, 5.74) is 7.87. The summed E-state index contributed by atoms with van der Waals surface area (Å²) in [6.07, 6.45) is 12.7. The summed E-state index contributed by atoms with van der Waals surface area (Å²) in [7, 11) is 9.23. The predicted molar refractivity (Wildman–Crippen MR) is 184 cm³/mol. The Kier molecular flexibility index (Phi) is 6.91. The van der Waals surface area contributed by atoms with Gasteiger partial charge < -0.3 is 0 Å². The number of nitrogens with zero attached hydrogens (tertiary/aromatic N) is 2. The summed E-state index contributed by atoms with van der Waals surface area (Å²) in [5, 5.41) is 0. The molecule has 0 aliphatic heterocycles. The van der Waals surface area contributed by atoms with Crippen LogP contribution in [0.1, 0.15) is 124 Å². The Balaban J connectivity index is 1.34. The van der Waals surface area contributed by atoms with Crippen LogP contribution in [0.4, 0.5) is 0 Å². The van der Waals surface area contributed by atoms with Gasteiger partial charge >= 0.3 is 268 Å². The number of rotatable bonds is 5. The van der Waals surface area contributed by atoms with Crippen LogP contribution in [-0.2, 0) is 19.0 Å². The van der Waals surface area contributed by atoms with Crippen molar-refractivity contribution in [1.29, 1.82) is 0 Å². The Bertz CT molecular complexity index is 1580. The van der Waals surface area contributed by atoms with Gasteiger partial charge in [-0.2, -0.15) is 0 Å². The number of allylic oxidation sites excluding steroid dienone is 2. The third kappa shape index (κ3) is 3.69. The predicted octanol–water partition coefficient (Wildman–Crippen LogP) is 8.63. The van der Waals surface area contributed by atoms with Gasteiger partial charge in [-0.15, -0.1) is 0 Å². The monoisotopic (exact) mass is 591 g/mol. The van der Waals surface area contributed by atoms with Gasteiger partial charge in [-0.25, -0.2) is 0 Å². The SMILES string of the molecule is [B]=C1CC2(c3cc(=O)n(Cc4ccccc4)n3C)CC[C@]3(C)C(CCC4C5(C)CCC(CC)C5(C)CCC43C)C2=C1C(C)C. The van der Waals surface area contributed by atoms with Crippen molar-refractivity contribution in [3.63, 3.8) is 0 Å². The van der Waals surface area contributed by atoms with Crippen LogP contribution in [0, 0.1) is 45.3 Å². The summed E-state index contributed by atoms with van der Waals surface area (Å²) in [6.45, 7) is 18.6. The molecule has 2 aromatic rings. The second kappa shape index (κ2) is 9.95. The molecule has 1 radical (unpaired) electrons. The molecule has 0 spiro atoms. The summed E-state index contributed by atoms with van der Waals surface area (Å²) in [5.74, 6) is 2.55. The molecule has 235 valence electrons. The van der Waals surface area contributed by atoms with E-state index in [9.17, 15) is 4.79 Å². The standard InChI is InChI=1S/C40H56BN2O/c1-9-28-17-18-38(6)31-16-15-29-35-34(26(2)3)30(41)24-40(35,22-21-37(29,5)39(31,7)20-19-36(28,38)4)32-23-33(44)43(42(32)8)25-27-13-11-10-12-14-27/h10-14,23,26,28-29,31H,9,15-22,24-25H2,1-8H3/t28?,29?,31?,36?,37-,38?,39?,40?/m1/s1. The van der Waals surface area contributed by atoms with Gasteiger partial charge in [0, 0.05) is 0 Å². The molecule has 0 saturated heterocycles. The molecule has 0 amide bonds. The first-order chi connectivity index (χ1) is 20.8. The Labute approximate surface area is 268 Å². The number of hydrogen-bond donors (Lipinski definition) is 0. The molecular weight excluding hydrogens is 535 g/mol. The van der Waals surface area contributed by atoms with Crippen molar-refractivity contribution in [3.8, 4) is 0 Å². The summed E-state index contributed by atoms with van der Waals surface area (Å²) in [6, 6.07) is 12.4. The van der Waals surface area contributed by atoms with E-state index in [0.29, 0.717) is 34.6 Å². The zero-order valence-corrected chi connectivity index (χ0v) is 28.9. The third-order valence-corrected chi connectivity index (χ3v) is 15.8. The van der Waals surface area contributed by atoms with Crippen LogP contribution in [0.3, 0.4) is 0 Å². The van der Waals surface area contributed by atoms with Crippen molar-refractivity contribution in [3.05, 3.63) is 69.2 Å². The van der Waals surface area contributed by atoms with Crippen molar-refractivity contribution in [2.45, 2.75) is 125 Å². The summed E-state index contributed by atoms with van der Waals surface area (Å²) < 4.78 is 4.15. The van der Waals surface area contributed by atoms with E-state index in [2.05, 4.69) is 84.5 Å². The van der Waals surface area contributed by atoms with E-state index in [-0.39, 0.29) is 16.4 Å². The van der Waals surface area contributed by atoms with Gasteiger partial charge in [-0.3, -0.25) is 0 Å². The van der Waals surface area contributed by atoms with Gasteiger partial charge in [0.25, 0.3) is 0 Å². The van der Waals surface area contributed by atoms with Crippen LogP contribution in [0.15, 0.2) is 52.3 Å². The van der Waals surface area contributed by atoms with E-state index in [1.54, 1.807) is 5.57 Å². The molecular formula is C40H56BN2O. The maximum atomic E-state index is 13.7. The maximum absolute atomic E-state index is 13.7. The molecule has 44 heavy (non-hydrogen) atoms. The number of hydrogen-bond acceptors (Lipinski definition) is 1. The van der Waals surface area contributed by atoms with Crippen LogP contribution in [0.2, 0.25) is 0 Å². The Morgan fingerprint density at radius 3 is 2.23 bits per heavy atom. The number of aromatic nitrogens is 2. The van der Waals surface area contributed by atoms with Gasteiger partial charge in [-0.05, 0) is 0 Å². The van der Waals surface area contributed by atoms with E-state index in [1.165, 1.54) is 62.6 Å². The normalized spacial score (nSPS) is 41.5. The zero-order valence-electron chi connectivity index (χ0n) is 28.9. The van der Waals surface area contributed by atoms with Crippen LogP contribution in [0.5, 0.6) is 0 Å². The fourth-order valence-electron chi connectivity index (χ4n) is 13.1. The van der Waals surface area contributed by atoms with Gasteiger partial charge in [0.2, 0.25) is 0 Å². The topological polar surface area (TPSA) is 26.9 Å². The Hall–Kier alpha value is -2.10. The van der Waals surface area contributed by atoms with Crippen LogP contribution < -0.4 is 5.56 Å². The molecule has 0 bridgehead atoms. The van der Waals surface area contributed by atoms with Crippen LogP contribution in [0.25, 0.3) is 0 Å². The fourth-order valence-corrected chi connectivity index (χ4v) is 13.1.